The molecule has 0 aliphatic rings. The molecule has 2 aromatic heterocycles. The van der Waals surface area contributed by atoms with Gasteiger partial charge in [-0.25, -0.2) is 19.3 Å². The highest BCUT2D eigenvalue weighted by Gasteiger charge is 2.11. The van der Waals surface area contributed by atoms with Gasteiger partial charge in [-0.1, -0.05) is 12.1 Å². The summed E-state index contributed by atoms with van der Waals surface area (Å²) in [5, 5.41) is 2.75. The molecule has 25 heavy (non-hydrogen) atoms. The molecule has 0 spiro atoms. The minimum Gasteiger partial charge on any atom is -0.363 e. The third-order valence-electron chi connectivity index (χ3n) is 3.54. The van der Waals surface area contributed by atoms with Crippen molar-refractivity contribution in [3.8, 4) is 5.82 Å². The van der Waals surface area contributed by atoms with Crippen LogP contribution >= 0.6 is 0 Å². The van der Waals surface area contributed by atoms with Gasteiger partial charge in [-0.05, 0) is 17.7 Å². The molecule has 2 heterocycles. The molecule has 7 nitrogen and oxygen atoms in total. The quantitative estimate of drug-likeness (QED) is 0.766. The molecule has 128 valence electrons. The van der Waals surface area contributed by atoms with Crippen LogP contribution in [0.4, 0.5) is 10.2 Å². The van der Waals surface area contributed by atoms with Gasteiger partial charge in [0.05, 0.1) is 0 Å². The number of carbonyl (C=O) groups is 1. The van der Waals surface area contributed by atoms with Crippen molar-refractivity contribution in [2.45, 2.75) is 6.54 Å². The van der Waals surface area contributed by atoms with Crippen molar-refractivity contribution in [2.75, 3.05) is 19.0 Å². The fourth-order valence-electron chi connectivity index (χ4n) is 2.16. The summed E-state index contributed by atoms with van der Waals surface area (Å²) >= 11 is 0. The zero-order valence-corrected chi connectivity index (χ0v) is 13.8. The zero-order chi connectivity index (χ0) is 17.8. The van der Waals surface area contributed by atoms with Crippen LogP contribution in [0.1, 0.15) is 16.1 Å². The van der Waals surface area contributed by atoms with E-state index in [-0.39, 0.29) is 17.4 Å². The first-order chi connectivity index (χ1) is 12.0. The van der Waals surface area contributed by atoms with Crippen LogP contribution < -0.4 is 10.2 Å². The Morgan fingerprint density at radius 3 is 2.68 bits per heavy atom. The van der Waals surface area contributed by atoms with Gasteiger partial charge in [0.15, 0.2) is 0 Å². The summed E-state index contributed by atoms with van der Waals surface area (Å²) in [5.41, 5.74) is 1.08. The summed E-state index contributed by atoms with van der Waals surface area (Å²) in [4.78, 5) is 26.5. The van der Waals surface area contributed by atoms with Crippen LogP contribution in [0.3, 0.4) is 0 Å². The van der Waals surface area contributed by atoms with Crippen molar-refractivity contribution in [1.82, 2.24) is 24.8 Å². The van der Waals surface area contributed by atoms with Crippen molar-refractivity contribution >= 4 is 11.7 Å². The van der Waals surface area contributed by atoms with Crippen molar-refractivity contribution in [1.29, 1.82) is 0 Å². The average Bonchev–Trinajstić information content (AvgIpc) is 3.11. The van der Waals surface area contributed by atoms with E-state index in [2.05, 4.69) is 20.3 Å². The van der Waals surface area contributed by atoms with E-state index in [1.807, 2.05) is 19.0 Å². The lowest BCUT2D eigenvalue weighted by Crippen LogP contribution is -2.23. The molecular weight excluding hydrogens is 323 g/mol. The number of nitrogens with zero attached hydrogens (tertiary/aromatic N) is 5. The lowest BCUT2D eigenvalue weighted by molar-refractivity contribution is 0.0946. The van der Waals surface area contributed by atoms with Gasteiger partial charge in [0, 0.05) is 32.9 Å². The number of hydrogen-bond donors (Lipinski definition) is 1. The molecule has 0 atom stereocenters. The molecule has 1 aromatic carbocycles. The van der Waals surface area contributed by atoms with E-state index in [0.29, 0.717) is 12.4 Å². The molecule has 0 fully saturated rings. The van der Waals surface area contributed by atoms with Gasteiger partial charge in [0.1, 0.15) is 35.8 Å². The van der Waals surface area contributed by atoms with Gasteiger partial charge in [-0.3, -0.25) is 9.36 Å². The summed E-state index contributed by atoms with van der Waals surface area (Å²) in [6.45, 7) is 0.296. The Hall–Kier alpha value is -3.29. The Morgan fingerprint density at radius 1 is 1.20 bits per heavy atom. The van der Waals surface area contributed by atoms with Crippen LogP contribution in [0.25, 0.3) is 5.82 Å². The number of aromatic nitrogens is 4. The third kappa shape index (κ3) is 3.97. The van der Waals surface area contributed by atoms with Crippen LogP contribution in [-0.4, -0.2) is 39.5 Å². The van der Waals surface area contributed by atoms with Gasteiger partial charge < -0.3 is 10.2 Å². The number of benzene rings is 1. The van der Waals surface area contributed by atoms with E-state index in [9.17, 15) is 9.18 Å². The molecule has 0 radical (unpaired) electrons. The summed E-state index contributed by atoms with van der Waals surface area (Å²) in [7, 11) is 3.77. The molecule has 0 saturated heterocycles. The average molecular weight is 340 g/mol. The fraction of sp³-hybridized carbons (Fsp3) is 0.176. The Labute approximate surface area is 144 Å². The van der Waals surface area contributed by atoms with Gasteiger partial charge in [-0.2, -0.15) is 0 Å². The second-order valence-corrected chi connectivity index (χ2v) is 5.60. The number of nitrogens with one attached hydrogen (secondary N) is 1. The van der Waals surface area contributed by atoms with Gasteiger partial charge >= 0.3 is 0 Å². The molecule has 1 amide bonds. The Kier molecular flexibility index (Phi) is 4.69. The predicted molar refractivity (Wildman–Crippen MR) is 91.1 cm³/mol. The number of hydrogen-bond acceptors (Lipinski definition) is 5. The number of anilines is 1. The topological polar surface area (TPSA) is 75.9 Å². The maximum atomic E-state index is 12.9. The first kappa shape index (κ1) is 16.6. The zero-order valence-electron chi connectivity index (χ0n) is 13.8. The molecule has 0 saturated carbocycles. The largest absolute Gasteiger partial charge is 0.363 e. The summed E-state index contributed by atoms with van der Waals surface area (Å²) in [6, 6.07) is 7.75. The molecule has 1 N–H and O–H groups in total. The molecule has 0 bridgehead atoms. The van der Waals surface area contributed by atoms with E-state index in [4.69, 9.17) is 0 Å². The summed E-state index contributed by atoms with van der Waals surface area (Å²) < 4.78 is 14.5. The second-order valence-electron chi connectivity index (χ2n) is 5.60. The van der Waals surface area contributed by atoms with Crippen molar-refractivity contribution < 1.29 is 9.18 Å². The predicted octanol–water partition coefficient (Wildman–Crippen LogP) is 1.80. The van der Waals surface area contributed by atoms with E-state index >= 15 is 0 Å². The number of carbonyl (C=O) groups excluding carboxylic acids is 1. The lowest BCUT2D eigenvalue weighted by Gasteiger charge is -2.11. The van der Waals surface area contributed by atoms with Crippen molar-refractivity contribution in [3.63, 3.8) is 0 Å². The van der Waals surface area contributed by atoms with Crippen LogP contribution in [0, 0.1) is 5.82 Å². The molecular formula is C17H17FN6O. The molecule has 3 aromatic rings. The highest BCUT2D eigenvalue weighted by Crippen LogP contribution is 2.12. The molecule has 8 heteroatoms. The van der Waals surface area contributed by atoms with E-state index < -0.39 is 0 Å². The van der Waals surface area contributed by atoms with Crippen LogP contribution in [0.5, 0.6) is 0 Å². The Bertz CT molecular complexity index is 875. The fourth-order valence-corrected chi connectivity index (χ4v) is 2.16. The smallest absolute Gasteiger partial charge is 0.271 e. The molecule has 0 unspecified atom stereocenters. The van der Waals surface area contributed by atoms with E-state index in [1.165, 1.54) is 24.8 Å². The van der Waals surface area contributed by atoms with Crippen molar-refractivity contribution in [3.05, 3.63) is 66.3 Å². The third-order valence-corrected chi connectivity index (χ3v) is 3.54. The lowest BCUT2D eigenvalue weighted by atomic mass is 10.2. The Balaban J connectivity index is 1.69. The number of imidazole rings is 1. The minimum atomic E-state index is -0.315. The van der Waals surface area contributed by atoms with Crippen LogP contribution in [0.2, 0.25) is 0 Å². The van der Waals surface area contributed by atoms with Gasteiger partial charge in [0.25, 0.3) is 5.91 Å². The first-order valence-electron chi connectivity index (χ1n) is 7.59. The molecule has 0 aliphatic carbocycles. The summed E-state index contributed by atoms with van der Waals surface area (Å²) in [5.74, 6) is 0.741. The number of rotatable bonds is 5. The van der Waals surface area contributed by atoms with E-state index in [0.717, 1.165) is 11.4 Å². The summed E-state index contributed by atoms with van der Waals surface area (Å²) in [6.07, 6.45) is 4.58. The van der Waals surface area contributed by atoms with Gasteiger partial charge in [0.2, 0.25) is 0 Å². The van der Waals surface area contributed by atoms with Crippen LogP contribution in [-0.2, 0) is 6.54 Å². The number of amides is 1. The van der Waals surface area contributed by atoms with E-state index in [1.54, 1.807) is 29.0 Å². The molecule has 0 aliphatic heterocycles. The second kappa shape index (κ2) is 7.08. The standard InChI is InChI=1S/C17H17FN6O/c1-23(2)15-7-16(21-10-20-15)24-9-14(22-11-24)17(25)19-8-12-3-5-13(18)6-4-12/h3-7,9-11H,8H2,1-2H3,(H,19,25). The minimum absolute atomic E-state index is 0.270. The van der Waals surface area contributed by atoms with Gasteiger partial charge in [-0.15, -0.1) is 0 Å². The maximum Gasteiger partial charge on any atom is 0.271 e. The monoisotopic (exact) mass is 340 g/mol. The highest BCUT2D eigenvalue weighted by atomic mass is 19.1. The Morgan fingerprint density at radius 2 is 1.96 bits per heavy atom. The SMILES string of the molecule is CN(C)c1cc(-n2cnc(C(=O)NCc3ccc(F)cc3)c2)ncn1. The number of halogens is 1. The normalized spacial score (nSPS) is 10.5. The van der Waals surface area contributed by atoms with Crippen molar-refractivity contribution in [2.24, 2.45) is 0 Å². The molecule has 3 rings (SSSR count). The highest BCUT2D eigenvalue weighted by molar-refractivity contribution is 5.92. The maximum absolute atomic E-state index is 12.9. The van der Waals surface area contributed by atoms with Crippen LogP contribution in [0.15, 0.2) is 49.2 Å². The first-order valence-corrected chi connectivity index (χ1v) is 7.59.